The van der Waals surface area contributed by atoms with Crippen LogP contribution in [0.2, 0.25) is 0 Å². The van der Waals surface area contributed by atoms with Crippen LogP contribution in [0.5, 0.6) is 0 Å². The number of hydrogen-bond acceptors (Lipinski definition) is 2. The number of carboxylic acid groups (broad SMARTS) is 1. The number of aliphatic carboxylic acids is 1. The highest BCUT2D eigenvalue weighted by Crippen LogP contribution is 2.59. The lowest BCUT2D eigenvalue weighted by molar-refractivity contribution is -0.141. The topological polar surface area (TPSA) is 57.6 Å². The fourth-order valence-electron chi connectivity index (χ4n) is 3.43. The predicted octanol–water partition coefficient (Wildman–Crippen LogP) is 1.99. The molecular formula is C14H23NO3. The van der Waals surface area contributed by atoms with Crippen molar-refractivity contribution in [3.8, 4) is 0 Å². The number of rotatable bonds is 4. The van der Waals surface area contributed by atoms with Gasteiger partial charge in [0, 0.05) is 13.1 Å². The zero-order chi connectivity index (χ0) is 13.5. The summed E-state index contributed by atoms with van der Waals surface area (Å²) in [7, 11) is 0. The minimum atomic E-state index is -0.831. The first-order valence-electron chi connectivity index (χ1n) is 6.91. The van der Waals surface area contributed by atoms with Crippen molar-refractivity contribution in [1.29, 1.82) is 0 Å². The molecule has 0 radical (unpaired) electrons. The van der Waals surface area contributed by atoms with Gasteiger partial charge in [-0.05, 0) is 24.2 Å². The molecule has 4 nitrogen and oxygen atoms in total. The molecule has 1 heterocycles. The number of carboxylic acids is 1. The van der Waals surface area contributed by atoms with Gasteiger partial charge in [-0.25, -0.2) is 0 Å². The van der Waals surface area contributed by atoms with Gasteiger partial charge in [-0.3, -0.25) is 9.59 Å². The van der Waals surface area contributed by atoms with Crippen LogP contribution < -0.4 is 0 Å². The van der Waals surface area contributed by atoms with Gasteiger partial charge in [-0.1, -0.05) is 27.2 Å². The van der Waals surface area contributed by atoms with E-state index in [1.165, 1.54) is 6.42 Å². The van der Waals surface area contributed by atoms with Gasteiger partial charge in [0.15, 0.2) is 0 Å². The third kappa shape index (κ3) is 2.13. The second-order valence-corrected chi connectivity index (χ2v) is 6.34. The molecule has 1 unspecified atom stereocenters. The van der Waals surface area contributed by atoms with Crippen LogP contribution in [0.15, 0.2) is 0 Å². The molecule has 102 valence electrons. The number of carbonyl (C=O) groups excluding carboxylic acids is 1. The molecule has 2 aliphatic rings. The second kappa shape index (κ2) is 4.56. The van der Waals surface area contributed by atoms with Gasteiger partial charge in [0.2, 0.25) is 5.91 Å². The van der Waals surface area contributed by atoms with Crippen LogP contribution in [0.25, 0.3) is 0 Å². The summed E-state index contributed by atoms with van der Waals surface area (Å²) in [6.07, 6.45) is 3.39. The van der Waals surface area contributed by atoms with Gasteiger partial charge in [0.05, 0.1) is 11.8 Å². The largest absolute Gasteiger partial charge is 0.481 e. The molecule has 1 aliphatic carbocycles. The van der Waals surface area contributed by atoms with Gasteiger partial charge in [-0.15, -0.1) is 0 Å². The number of amides is 1. The highest BCUT2D eigenvalue weighted by atomic mass is 16.4. The molecule has 1 N–H and O–H groups in total. The molecule has 0 spiro atoms. The van der Waals surface area contributed by atoms with E-state index < -0.39 is 11.9 Å². The van der Waals surface area contributed by atoms with Crippen LogP contribution in [0, 0.1) is 23.2 Å². The Bertz CT molecular complexity index is 364. The van der Waals surface area contributed by atoms with Crippen molar-refractivity contribution in [2.75, 3.05) is 13.1 Å². The Balaban J connectivity index is 1.96. The third-order valence-corrected chi connectivity index (χ3v) is 4.65. The lowest BCUT2D eigenvalue weighted by Gasteiger charge is -2.17. The maximum atomic E-state index is 12.4. The van der Waals surface area contributed by atoms with Gasteiger partial charge < -0.3 is 10.0 Å². The summed E-state index contributed by atoms with van der Waals surface area (Å²) in [5.74, 6) is -0.955. The Kier molecular flexibility index (Phi) is 3.39. The normalized spacial score (nSPS) is 33.5. The molecule has 2 fully saturated rings. The van der Waals surface area contributed by atoms with Gasteiger partial charge in [-0.2, -0.15) is 0 Å². The van der Waals surface area contributed by atoms with E-state index in [0.29, 0.717) is 5.92 Å². The Morgan fingerprint density at radius 3 is 2.50 bits per heavy atom. The van der Waals surface area contributed by atoms with E-state index in [-0.39, 0.29) is 17.2 Å². The summed E-state index contributed by atoms with van der Waals surface area (Å²) in [5.41, 5.74) is -0.369. The summed E-state index contributed by atoms with van der Waals surface area (Å²) in [5, 5.41) is 9.12. The monoisotopic (exact) mass is 253 g/mol. The Labute approximate surface area is 108 Å². The molecule has 1 saturated carbocycles. The molecule has 0 bridgehead atoms. The van der Waals surface area contributed by atoms with Crippen LogP contribution in [0.1, 0.15) is 40.0 Å². The fraction of sp³-hybridized carbons (Fsp3) is 0.857. The average molecular weight is 253 g/mol. The molecule has 3 atom stereocenters. The number of carbonyl (C=O) groups is 2. The van der Waals surface area contributed by atoms with Crippen molar-refractivity contribution in [2.45, 2.75) is 40.0 Å². The molecule has 0 aromatic rings. The smallest absolute Gasteiger partial charge is 0.307 e. The highest BCUT2D eigenvalue weighted by molar-refractivity contribution is 5.91. The van der Waals surface area contributed by atoms with Crippen LogP contribution in [-0.4, -0.2) is 35.0 Å². The maximum absolute atomic E-state index is 12.4. The lowest BCUT2D eigenvalue weighted by Crippen LogP contribution is -2.31. The van der Waals surface area contributed by atoms with E-state index in [4.69, 9.17) is 5.11 Å². The zero-order valence-electron chi connectivity index (χ0n) is 11.5. The zero-order valence-corrected chi connectivity index (χ0v) is 11.5. The van der Waals surface area contributed by atoms with Crippen LogP contribution >= 0.6 is 0 Å². The third-order valence-electron chi connectivity index (χ3n) is 4.65. The molecule has 2 rings (SSSR count). The first-order valence-corrected chi connectivity index (χ1v) is 6.91. The lowest BCUT2D eigenvalue weighted by atomic mass is 10.0. The van der Waals surface area contributed by atoms with Crippen LogP contribution in [-0.2, 0) is 9.59 Å². The van der Waals surface area contributed by atoms with Gasteiger partial charge >= 0.3 is 5.97 Å². The molecule has 1 saturated heterocycles. The minimum Gasteiger partial charge on any atom is -0.481 e. The SMILES string of the molecule is CCCC1CCN(C(=O)[C@H]2[C@@H](C(=O)O)C2(C)C)C1. The Hall–Kier alpha value is -1.06. The van der Waals surface area contributed by atoms with E-state index in [0.717, 1.165) is 25.9 Å². The second-order valence-electron chi connectivity index (χ2n) is 6.34. The van der Waals surface area contributed by atoms with Crippen molar-refractivity contribution >= 4 is 11.9 Å². The first kappa shape index (κ1) is 13.4. The standard InChI is InChI=1S/C14H23NO3/c1-4-5-9-6-7-15(8-9)12(16)10-11(13(17)18)14(10,2)3/h9-11H,4-8H2,1-3H3,(H,17,18)/t9?,10-,11+/m1/s1. The minimum absolute atomic E-state index is 0.0611. The Morgan fingerprint density at radius 2 is 2.00 bits per heavy atom. The molecule has 1 amide bonds. The van der Waals surface area contributed by atoms with E-state index >= 15 is 0 Å². The predicted molar refractivity (Wildman–Crippen MR) is 68.0 cm³/mol. The van der Waals surface area contributed by atoms with Crippen LogP contribution in [0.4, 0.5) is 0 Å². The first-order chi connectivity index (χ1) is 8.39. The summed E-state index contributed by atoms with van der Waals surface area (Å²) >= 11 is 0. The fourth-order valence-corrected chi connectivity index (χ4v) is 3.43. The molecule has 0 aromatic carbocycles. The van der Waals surface area contributed by atoms with E-state index in [1.807, 2.05) is 18.7 Å². The molecule has 1 aliphatic heterocycles. The molecular weight excluding hydrogens is 230 g/mol. The van der Waals surface area contributed by atoms with Gasteiger partial charge in [0.25, 0.3) is 0 Å². The van der Waals surface area contributed by atoms with Crippen molar-refractivity contribution in [3.63, 3.8) is 0 Å². The summed E-state index contributed by atoms with van der Waals surface area (Å²) < 4.78 is 0. The molecule has 18 heavy (non-hydrogen) atoms. The van der Waals surface area contributed by atoms with Crippen molar-refractivity contribution < 1.29 is 14.7 Å². The van der Waals surface area contributed by atoms with Gasteiger partial charge in [0.1, 0.15) is 0 Å². The number of likely N-dealkylation sites (tertiary alicyclic amines) is 1. The van der Waals surface area contributed by atoms with Crippen molar-refractivity contribution in [2.24, 2.45) is 23.2 Å². The Morgan fingerprint density at radius 1 is 1.33 bits per heavy atom. The summed E-state index contributed by atoms with van der Waals surface area (Å²) in [6, 6.07) is 0. The highest BCUT2D eigenvalue weighted by Gasteiger charge is 2.66. The van der Waals surface area contributed by atoms with Crippen molar-refractivity contribution in [3.05, 3.63) is 0 Å². The number of hydrogen-bond donors (Lipinski definition) is 1. The number of nitrogens with zero attached hydrogens (tertiary/aromatic N) is 1. The average Bonchev–Trinajstić information content (AvgIpc) is 2.66. The van der Waals surface area contributed by atoms with E-state index in [2.05, 4.69) is 6.92 Å². The van der Waals surface area contributed by atoms with E-state index in [9.17, 15) is 9.59 Å². The van der Waals surface area contributed by atoms with E-state index in [1.54, 1.807) is 0 Å². The quantitative estimate of drug-likeness (QED) is 0.833. The molecule has 4 heteroatoms. The van der Waals surface area contributed by atoms with Crippen LogP contribution in [0.3, 0.4) is 0 Å². The summed E-state index contributed by atoms with van der Waals surface area (Å²) in [4.78, 5) is 25.3. The van der Waals surface area contributed by atoms with Crippen molar-refractivity contribution in [1.82, 2.24) is 4.90 Å². The molecule has 0 aromatic heterocycles. The maximum Gasteiger partial charge on any atom is 0.307 e. The summed E-state index contributed by atoms with van der Waals surface area (Å²) in [6.45, 7) is 7.56.